The second-order valence-corrected chi connectivity index (χ2v) is 5.46. The van der Waals surface area contributed by atoms with Gasteiger partial charge in [-0.3, -0.25) is 4.90 Å². The van der Waals surface area contributed by atoms with Crippen molar-refractivity contribution in [1.29, 1.82) is 0 Å². The summed E-state index contributed by atoms with van der Waals surface area (Å²) in [4.78, 5) is 24.2. The molecule has 0 spiro atoms. The van der Waals surface area contributed by atoms with Crippen molar-refractivity contribution in [2.45, 2.75) is 39.3 Å². The number of hydrogen-bond donors (Lipinski definition) is 1. The average Bonchev–Trinajstić information content (AvgIpc) is 2.44. The molecule has 0 aromatic heterocycles. The van der Waals surface area contributed by atoms with E-state index in [0.29, 0.717) is 13.0 Å². The maximum Gasteiger partial charge on any atom is 0.408 e. The zero-order valence-corrected chi connectivity index (χ0v) is 13.1. The molecular weight excluding hydrogens is 282 g/mol. The fourth-order valence-electron chi connectivity index (χ4n) is 2.97. The van der Waals surface area contributed by atoms with Gasteiger partial charge in [0.05, 0.1) is 12.6 Å². The molecule has 1 aliphatic rings. The first kappa shape index (κ1) is 16.1. The number of fused-ring (bicyclic) bond motifs is 1. The van der Waals surface area contributed by atoms with E-state index in [9.17, 15) is 14.7 Å². The fourth-order valence-corrected chi connectivity index (χ4v) is 2.97. The van der Waals surface area contributed by atoms with E-state index in [1.807, 2.05) is 32.0 Å². The first-order chi connectivity index (χ1) is 10.4. The lowest BCUT2D eigenvalue weighted by atomic mass is 9.88. The van der Waals surface area contributed by atoms with Crippen molar-refractivity contribution < 1.29 is 19.4 Å². The molecule has 1 heterocycles. The van der Waals surface area contributed by atoms with Gasteiger partial charge in [-0.05, 0) is 50.0 Å². The number of amides is 1. The SMILES string of the molecule is CCOC(=O)/C=C/c1ccc2c(c1)CC(C)N(C(=O)O)C2C. The van der Waals surface area contributed by atoms with Gasteiger partial charge in [0.1, 0.15) is 0 Å². The summed E-state index contributed by atoms with van der Waals surface area (Å²) in [7, 11) is 0. The molecule has 5 nitrogen and oxygen atoms in total. The zero-order valence-electron chi connectivity index (χ0n) is 13.1. The van der Waals surface area contributed by atoms with Crippen molar-refractivity contribution in [3.63, 3.8) is 0 Å². The van der Waals surface area contributed by atoms with Crippen LogP contribution < -0.4 is 0 Å². The minimum Gasteiger partial charge on any atom is -0.465 e. The number of benzene rings is 1. The van der Waals surface area contributed by atoms with Gasteiger partial charge < -0.3 is 9.84 Å². The highest BCUT2D eigenvalue weighted by atomic mass is 16.5. The molecule has 118 valence electrons. The second-order valence-electron chi connectivity index (χ2n) is 5.46. The molecule has 0 aliphatic carbocycles. The minimum absolute atomic E-state index is 0.0655. The van der Waals surface area contributed by atoms with E-state index < -0.39 is 6.09 Å². The number of carbonyl (C=O) groups excluding carboxylic acids is 1. The van der Waals surface area contributed by atoms with Crippen LogP contribution in [0.1, 0.15) is 43.5 Å². The molecule has 22 heavy (non-hydrogen) atoms. The van der Waals surface area contributed by atoms with E-state index in [-0.39, 0.29) is 18.1 Å². The molecule has 1 aromatic rings. The fraction of sp³-hybridized carbons (Fsp3) is 0.412. The molecule has 2 rings (SSSR count). The second kappa shape index (κ2) is 6.64. The lowest BCUT2D eigenvalue weighted by Gasteiger charge is -2.38. The summed E-state index contributed by atoms with van der Waals surface area (Å²) in [5.41, 5.74) is 3.06. The summed E-state index contributed by atoms with van der Waals surface area (Å²) in [6.07, 6.45) is 2.91. The van der Waals surface area contributed by atoms with Crippen molar-refractivity contribution in [3.8, 4) is 0 Å². The number of hydrogen-bond acceptors (Lipinski definition) is 3. The summed E-state index contributed by atoms with van der Waals surface area (Å²) in [5.74, 6) is -0.362. The lowest BCUT2D eigenvalue weighted by molar-refractivity contribution is -0.137. The van der Waals surface area contributed by atoms with Gasteiger partial charge in [0.25, 0.3) is 0 Å². The number of carbonyl (C=O) groups is 2. The maximum absolute atomic E-state index is 11.4. The topological polar surface area (TPSA) is 66.8 Å². The largest absolute Gasteiger partial charge is 0.465 e. The van der Waals surface area contributed by atoms with Gasteiger partial charge in [-0.2, -0.15) is 0 Å². The normalized spacial score (nSPS) is 20.8. The summed E-state index contributed by atoms with van der Waals surface area (Å²) >= 11 is 0. The number of ether oxygens (including phenoxy) is 1. The Bertz CT molecular complexity index is 609. The molecule has 0 fully saturated rings. The van der Waals surface area contributed by atoms with E-state index in [4.69, 9.17) is 4.74 Å². The van der Waals surface area contributed by atoms with Crippen LogP contribution in [0.15, 0.2) is 24.3 Å². The standard InChI is InChI=1S/C17H21NO4/c1-4-22-16(19)8-6-13-5-7-15-12(3)18(17(20)21)11(2)9-14(15)10-13/h5-8,10-12H,4,9H2,1-3H3,(H,20,21)/b8-6+. The van der Waals surface area contributed by atoms with Gasteiger partial charge in [0.15, 0.2) is 0 Å². The summed E-state index contributed by atoms with van der Waals surface area (Å²) in [6, 6.07) is 5.61. The third-order valence-electron chi connectivity index (χ3n) is 3.94. The van der Waals surface area contributed by atoms with Crippen LogP contribution in [-0.2, 0) is 16.0 Å². The lowest BCUT2D eigenvalue weighted by Crippen LogP contribution is -2.44. The number of rotatable bonds is 3. The highest BCUT2D eigenvalue weighted by molar-refractivity contribution is 5.87. The monoisotopic (exact) mass is 303 g/mol. The van der Waals surface area contributed by atoms with E-state index in [2.05, 4.69) is 0 Å². The van der Waals surface area contributed by atoms with Crippen LogP contribution in [0.4, 0.5) is 4.79 Å². The first-order valence-corrected chi connectivity index (χ1v) is 7.43. The molecule has 0 saturated heterocycles. The highest BCUT2D eigenvalue weighted by Gasteiger charge is 2.32. The molecular formula is C17H21NO4. The number of carboxylic acid groups (broad SMARTS) is 1. The molecule has 1 N–H and O–H groups in total. The van der Waals surface area contributed by atoms with Crippen LogP contribution in [0.3, 0.4) is 0 Å². The zero-order chi connectivity index (χ0) is 16.3. The van der Waals surface area contributed by atoms with Crippen LogP contribution >= 0.6 is 0 Å². The average molecular weight is 303 g/mol. The van der Waals surface area contributed by atoms with E-state index in [1.165, 1.54) is 11.0 Å². The molecule has 1 amide bonds. The van der Waals surface area contributed by atoms with E-state index in [1.54, 1.807) is 13.0 Å². The van der Waals surface area contributed by atoms with Crippen molar-refractivity contribution in [2.75, 3.05) is 6.61 Å². The third-order valence-corrected chi connectivity index (χ3v) is 3.94. The Balaban J connectivity index is 2.24. The van der Waals surface area contributed by atoms with Crippen LogP contribution in [0, 0.1) is 0 Å². The van der Waals surface area contributed by atoms with Crippen molar-refractivity contribution in [2.24, 2.45) is 0 Å². The van der Waals surface area contributed by atoms with Crippen LogP contribution in [0.25, 0.3) is 6.08 Å². The predicted octanol–water partition coefficient (Wildman–Crippen LogP) is 3.25. The Morgan fingerprint density at radius 2 is 2.14 bits per heavy atom. The maximum atomic E-state index is 11.4. The van der Waals surface area contributed by atoms with Crippen LogP contribution in [-0.4, -0.2) is 34.7 Å². The van der Waals surface area contributed by atoms with Crippen LogP contribution in [0.2, 0.25) is 0 Å². The molecule has 1 aromatic carbocycles. The Hall–Kier alpha value is -2.30. The third kappa shape index (κ3) is 3.30. The first-order valence-electron chi connectivity index (χ1n) is 7.43. The van der Waals surface area contributed by atoms with Crippen molar-refractivity contribution >= 4 is 18.1 Å². The molecule has 5 heteroatoms. The smallest absolute Gasteiger partial charge is 0.408 e. The van der Waals surface area contributed by atoms with Gasteiger partial charge in [0, 0.05) is 12.1 Å². The molecule has 0 saturated carbocycles. The van der Waals surface area contributed by atoms with Crippen LogP contribution in [0.5, 0.6) is 0 Å². The van der Waals surface area contributed by atoms with Gasteiger partial charge >= 0.3 is 12.1 Å². The quantitative estimate of drug-likeness (QED) is 0.687. The van der Waals surface area contributed by atoms with Crippen molar-refractivity contribution in [3.05, 3.63) is 41.0 Å². The highest BCUT2D eigenvalue weighted by Crippen LogP contribution is 2.33. The Labute approximate surface area is 130 Å². The van der Waals surface area contributed by atoms with Gasteiger partial charge in [-0.15, -0.1) is 0 Å². The minimum atomic E-state index is -0.892. The number of esters is 1. The van der Waals surface area contributed by atoms with E-state index >= 15 is 0 Å². The molecule has 1 aliphatic heterocycles. The molecule has 2 unspecified atom stereocenters. The Morgan fingerprint density at radius 1 is 1.41 bits per heavy atom. The van der Waals surface area contributed by atoms with Gasteiger partial charge in [0.2, 0.25) is 0 Å². The van der Waals surface area contributed by atoms with E-state index in [0.717, 1.165) is 16.7 Å². The summed E-state index contributed by atoms with van der Waals surface area (Å²) < 4.78 is 4.85. The molecule has 0 bridgehead atoms. The van der Waals surface area contributed by atoms with Crippen molar-refractivity contribution in [1.82, 2.24) is 4.90 Å². The van der Waals surface area contributed by atoms with Gasteiger partial charge in [-0.25, -0.2) is 9.59 Å². The molecule has 2 atom stereocenters. The predicted molar refractivity (Wildman–Crippen MR) is 83.6 cm³/mol. The number of nitrogens with zero attached hydrogens (tertiary/aromatic N) is 1. The molecule has 0 radical (unpaired) electrons. The summed E-state index contributed by atoms with van der Waals surface area (Å²) in [6.45, 7) is 5.93. The van der Waals surface area contributed by atoms with Gasteiger partial charge in [-0.1, -0.05) is 18.2 Å². The Morgan fingerprint density at radius 3 is 2.77 bits per heavy atom. The summed E-state index contributed by atoms with van der Waals surface area (Å²) in [5, 5.41) is 9.32. The Kier molecular flexibility index (Phi) is 4.85.